The van der Waals surface area contributed by atoms with Crippen LogP contribution in [0.1, 0.15) is 11.6 Å². The molecule has 5 nitrogen and oxygen atoms in total. The Morgan fingerprint density at radius 2 is 1.41 bits per heavy atom. The molecule has 0 aliphatic rings. The van der Waals surface area contributed by atoms with E-state index in [2.05, 4.69) is 33.5 Å². The highest BCUT2D eigenvalue weighted by Gasteiger charge is 2.14. The second kappa shape index (κ2) is 8.54. The first-order chi connectivity index (χ1) is 14.2. The maximum Gasteiger partial charge on any atom is 0.222 e. The van der Waals surface area contributed by atoms with Crippen LogP contribution in [0, 0.1) is 0 Å². The molecule has 0 aliphatic carbocycles. The molecule has 0 saturated carbocycles. The van der Waals surface area contributed by atoms with Gasteiger partial charge in [0.05, 0.1) is 18.3 Å². The van der Waals surface area contributed by atoms with E-state index in [-0.39, 0.29) is 18.6 Å². The van der Waals surface area contributed by atoms with Gasteiger partial charge in [0.15, 0.2) is 0 Å². The van der Waals surface area contributed by atoms with Crippen molar-refractivity contribution in [3.05, 3.63) is 96.6 Å². The fourth-order valence-electron chi connectivity index (χ4n) is 3.35. The molecule has 144 valence electrons. The van der Waals surface area contributed by atoms with Gasteiger partial charge in [-0.2, -0.15) is 4.98 Å². The van der Waals surface area contributed by atoms with Crippen LogP contribution in [0.5, 0.6) is 0 Å². The summed E-state index contributed by atoms with van der Waals surface area (Å²) in [5.41, 5.74) is 10.9. The fraction of sp³-hybridized carbons (Fsp3) is 0.0833. The lowest BCUT2D eigenvalue weighted by atomic mass is 9.97. The lowest BCUT2D eigenvalue weighted by Gasteiger charge is -2.18. The van der Waals surface area contributed by atoms with Gasteiger partial charge in [0, 0.05) is 11.6 Å². The minimum atomic E-state index is -0.289. The molecule has 4 N–H and O–H groups in total. The van der Waals surface area contributed by atoms with Crippen LogP contribution in [0.15, 0.2) is 91.0 Å². The number of nitrogens with zero attached hydrogens (tertiary/aromatic N) is 2. The molecule has 0 bridgehead atoms. The second-order valence-corrected chi connectivity index (χ2v) is 6.70. The molecule has 5 heteroatoms. The van der Waals surface area contributed by atoms with E-state index >= 15 is 0 Å². The Labute approximate surface area is 169 Å². The summed E-state index contributed by atoms with van der Waals surface area (Å²) in [6.07, 6.45) is 0. The Balaban J connectivity index is 1.72. The van der Waals surface area contributed by atoms with Crippen LogP contribution in [0.2, 0.25) is 0 Å². The van der Waals surface area contributed by atoms with Crippen molar-refractivity contribution in [2.24, 2.45) is 0 Å². The zero-order chi connectivity index (χ0) is 20.1. The fourth-order valence-corrected chi connectivity index (χ4v) is 3.35. The summed E-state index contributed by atoms with van der Waals surface area (Å²) in [4.78, 5) is 8.78. The Morgan fingerprint density at radius 3 is 2.10 bits per heavy atom. The summed E-state index contributed by atoms with van der Waals surface area (Å²) in [5.74, 6) is 0.746. The summed E-state index contributed by atoms with van der Waals surface area (Å²) >= 11 is 0. The number of benzene rings is 3. The molecule has 1 aromatic heterocycles. The molecular formula is C24H22N4O. The highest BCUT2D eigenvalue weighted by atomic mass is 16.3. The van der Waals surface area contributed by atoms with Crippen LogP contribution < -0.4 is 11.1 Å². The summed E-state index contributed by atoms with van der Waals surface area (Å²) in [6.45, 7) is -0.0656. The van der Waals surface area contributed by atoms with Crippen molar-refractivity contribution in [3.63, 3.8) is 0 Å². The van der Waals surface area contributed by atoms with Crippen molar-refractivity contribution in [1.82, 2.24) is 9.97 Å². The second-order valence-electron chi connectivity index (χ2n) is 6.70. The van der Waals surface area contributed by atoms with Crippen LogP contribution in [0.3, 0.4) is 0 Å². The first kappa shape index (κ1) is 18.7. The topological polar surface area (TPSA) is 84.1 Å². The largest absolute Gasteiger partial charge is 0.394 e. The molecule has 1 atom stereocenters. The van der Waals surface area contributed by atoms with Crippen molar-refractivity contribution in [2.45, 2.75) is 6.04 Å². The third kappa shape index (κ3) is 4.25. The molecule has 0 amide bonds. The number of anilines is 2. The average Bonchev–Trinajstić information content (AvgIpc) is 2.78. The summed E-state index contributed by atoms with van der Waals surface area (Å²) in [6, 6.07) is 29.6. The van der Waals surface area contributed by atoms with E-state index in [9.17, 15) is 5.11 Å². The lowest BCUT2D eigenvalue weighted by Crippen LogP contribution is -2.16. The summed E-state index contributed by atoms with van der Waals surface area (Å²) in [5, 5.41) is 13.1. The first-order valence-electron chi connectivity index (χ1n) is 9.46. The Kier molecular flexibility index (Phi) is 5.49. The molecule has 0 radical (unpaired) electrons. The van der Waals surface area contributed by atoms with Gasteiger partial charge < -0.3 is 16.2 Å². The van der Waals surface area contributed by atoms with Crippen molar-refractivity contribution >= 4 is 11.8 Å². The van der Waals surface area contributed by atoms with Crippen LogP contribution >= 0.6 is 0 Å². The molecule has 1 heterocycles. The molecule has 3 aromatic carbocycles. The number of hydrogen-bond donors (Lipinski definition) is 3. The summed E-state index contributed by atoms with van der Waals surface area (Å²) in [7, 11) is 0. The van der Waals surface area contributed by atoms with Crippen molar-refractivity contribution in [2.75, 3.05) is 17.7 Å². The minimum absolute atomic E-state index is 0.0656. The molecule has 0 fully saturated rings. The third-order valence-electron chi connectivity index (χ3n) is 4.74. The molecule has 0 saturated heterocycles. The molecule has 1 unspecified atom stereocenters. The van der Waals surface area contributed by atoms with E-state index in [4.69, 9.17) is 5.73 Å². The number of aromatic nitrogens is 2. The van der Waals surface area contributed by atoms with E-state index < -0.39 is 0 Å². The standard InChI is InChI=1S/C24H22N4O/c25-24-27-21(20-14-8-7-13-19(20)17-9-3-1-4-10-17)15-23(28-24)26-22(16-29)18-11-5-2-6-12-18/h1-15,22,29H,16H2,(H3,25,26,27,28). The quantitative estimate of drug-likeness (QED) is 0.456. The predicted molar refractivity (Wildman–Crippen MR) is 117 cm³/mol. The van der Waals surface area contributed by atoms with Crippen LogP contribution in [-0.4, -0.2) is 21.7 Å². The highest BCUT2D eigenvalue weighted by molar-refractivity contribution is 5.82. The Hall–Kier alpha value is -3.70. The van der Waals surface area contributed by atoms with E-state index in [1.165, 1.54) is 0 Å². The smallest absolute Gasteiger partial charge is 0.222 e. The van der Waals surface area contributed by atoms with Crippen LogP contribution in [-0.2, 0) is 0 Å². The maximum absolute atomic E-state index is 9.85. The predicted octanol–water partition coefficient (Wildman–Crippen LogP) is 4.54. The van der Waals surface area contributed by atoms with Crippen molar-refractivity contribution < 1.29 is 5.11 Å². The van der Waals surface area contributed by atoms with E-state index in [1.807, 2.05) is 72.8 Å². The molecule has 29 heavy (non-hydrogen) atoms. The monoisotopic (exact) mass is 382 g/mol. The zero-order valence-electron chi connectivity index (χ0n) is 15.9. The molecule has 4 rings (SSSR count). The lowest BCUT2D eigenvalue weighted by molar-refractivity contribution is 0.276. The third-order valence-corrected chi connectivity index (χ3v) is 4.74. The molecule has 0 aliphatic heterocycles. The number of aliphatic hydroxyl groups excluding tert-OH is 1. The number of rotatable bonds is 6. The number of nitrogens with one attached hydrogen (secondary N) is 1. The van der Waals surface area contributed by atoms with Crippen LogP contribution in [0.25, 0.3) is 22.4 Å². The van der Waals surface area contributed by atoms with Crippen molar-refractivity contribution in [3.8, 4) is 22.4 Å². The summed E-state index contributed by atoms with van der Waals surface area (Å²) < 4.78 is 0. The van der Waals surface area contributed by atoms with Crippen molar-refractivity contribution in [1.29, 1.82) is 0 Å². The Bertz CT molecular complexity index is 1080. The number of nitrogens with two attached hydrogens (primary N) is 1. The van der Waals surface area contributed by atoms with E-state index in [0.29, 0.717) is 5.82 Å². The molecule has 4 aromatic rings. The van der Waals surface area contributed by atoms with Gasteiger partial charge in [-0.25, -0.2) is 4.98 Å². The maximum atomic E-state index is 9.85. The number of aliphatic hydroxyl groups is 1. The van der Waals surface area contributed by atoms with Gasteiger partial charge in [0.1, 0.15) is 5.82 Å². The van der Waals surface area contributed by atoms with Gasteiger partial charge in [-0.3, -0.25) is 0 Å². The SMILES string of the molecule is Nc1nc(NC(CO)c2ccccc2)cc(-c2ccccc2-c2ccccc2)n1. The van der Waals surface area contributed by atoms with Crippen LogP contribution in [0.4, 0.5) is 11.8 Å². The highest BCUT2D eigenvalue weighted by Crippen LogP contribution is 2.32. The van der Waals surface area contributed by atoms with E-state index in [0.717, 1.165) is 27.9 Å². The minimum Gasteiger partial charge on any atom is -0.394 e. The molecular weight excluding hydrogens is 360 g/mol. The number of nitrogen functional groups attached to an aromatic ring is 1. The van der Waals surface area contributed by atoms with E-state index in [1.54, 1.807) is 0 Å². The van der Waals surface area contributed by atoms with Gasteiger partial charge in [0.2, 0.25) is 5.95 Å². The van der Waals surface area contributed by atoms with Gasteiger partial charge >= 0.3 is 0 Å². The van der Waals surface area contributed by atoms with Gasteiger partial charge in [-0.1, -0.05) is 84.9 Å². The normalized spacial score (nSPS) is 11.8. The Morgan fingerprint density at radius 1 is 0.793 bits per heavy atom. The molecule has 0 spiro atoms. The average molecular weight is 382 g/mol. The van der Waals surface area contributed by atoms with Gasteiger partial charge in [0.25, 0.3) is 0 Å². The number of hydrogen-bond acceptors (Lipinski definition) is 5. The first-order valence-corrected chi connectivity index (χ1v) is 9.46. The van der Waals surface area contributed by atoms with Gasteiger partial charge in [-0.05, 0) is 16.7 Å². The van der Waals surface area contributed by atoms with Gasteiger partial charge in [-0.15, -0.1) is 0 Å². The zero-order valence-corrected chi connectivity index (χ0v) is 15.9.